The van der Waals surface area contributed by atoms with Gasteiger partial charge in [0.25, 0.3) is 0 Å². The number of aliphatic hydroxyl groups excluding tert-OH is 1. The van der Waals surface area contributed by atoms with Crippen LogP contribution in [0.2, 0.25) is 0 Å². The van der Waals surface area contributed by atoms with E-state index in [9.17, 15) is 15.0 Å². The fourth-order valence-corrected chi connectivity index (χ4v) is 2.01. The van der Waals surface area contributed by atoms with Gasteiger partial charge in [-0.05, 0) is 19.1 Å². The van der Waals surface area contributed by atoms with Crippen molar-refractivity contribution in [1.82, 2.24) is 0 Å². The molecule has 2 atom stereocenters. The van der Waals surface area contributed by atoms with Crippen molar-refractivity contribution < 1.29 is 38.6 Å². The van der Waals surface area contributed by atoms with Crippen molar-refractivity contribution in [3.63, 3.8) is 0 Å². The van der Waals surface area contributed by atoms with Crippen LogP contribution in [-0.4, -0.2) is 43.0 Å². The monoisotopic (exact) mass is 257 g/mol. The summed E-state index contributed by atoms with van der Waals surface area (Å²) in [6, 6.07) is 7.94. The van der Waals surface area contributed by atoms with Crippen LogP contribution in [0.15, 0.2) is 24.3 Å². The number of nitrogens with zero attached hydrogens (tertiary/aromatic N) is 1. The molecule has 1 aromatic rings. The Labute approximate surface area is 124 Å². The summed E-state index contributed by atoms with van der Waals surface area (Å²) >= 11 is 0. The van der Waals surface area contributed by atoms with E-state index in [1.807, 2.05) is 36.1 Å². The number of anilines is 1. The van der Waals surface area contributed by atoms with Gasteiger partial charge < -0.3 is 24.6 Å². The molecule has 0 spiro atoms. The number of ether oxygens (including phenoxy) is 1. The van der Waals surface area contributed by atoms with Crippen LogP contribution in [-0.2, 0) is 9.53 Å². The maximum Gasteiger partial charge on any atom is 1.00 e. The number of aliphatic carboxylic acids is 1. The largest absolute Gasteiger partial charge is 1.00 e. The second-order valence-corrected chi connectivity index (χ2v) is 4.45. The second kappa shape index (κ2) is 6.97. The average Bonchev–Trinajstić information content (AvgIpc) is 2.38. The maximum absolute atomic E-state index is 10.6. The summed E-state index contributed by atoms with van der Waals surface area (Å²) < 4.78 is 5.26. The zero-order valence-corrected chi connectivity index (χ0v) is 11.2. The number of carboxylic acids is 1. The normalized spacial score (nSPS) is 20.5. The van der Waals surface area contributed by atoms with E-state index in [0.29, 0.717) is 19.7 Å². The van der Waals surface area contributed by atoms with Crippen LogP contribution in [0.3, 0.4) is 0 Å². The Morgan fingerprint density at radius 1 is 1.47 bits per heavy atom. The summed E-state index contributed by atoms with van der Waals surface area (Å²) in [6.45, 7) is 3.42. The molecule has 19 heavy (non-hydrogen) atoms. The number of aryl methyl sites for hydroxylation is 1. The molecular formula is C13H16LiNO4. The van der Waals surface area contributed by atoms with Gasteiger partial charge in [-0.2, -0.15) is 0 Å². The van der Waals surface area contributed by atoms with Crippen molar-refractivity contribution in [2.24, 2.45) is 0 Å². The molecule has 1 aromatic carbocycles. The zero-order valence-electron chi connectivity index (χ0n) is 11.2. The number of hydrogen-bond acceptors (Lipinski definition) is 5. The first-order valence-corrected chi connectivity index (χ1v) is 5.90. The molecule has 0 aromatic heterocycles. The number of aliphatic hydroxyl groups is 1. The molecule has 0 bridgehead atoms. The summed E-state index contributed by atoms with van der Waals surface area (Å²) in [5, 5.41) is 20.1. The molecule has 1 saturated heterocycles. The molecular weight excluding hydrogens is 241 g/mol. The second-order valence-electron chi connectivity index (χ2n) is 4.45. The molecule has 5 nitrogen and oxygen atoms in total. The van der Waals surface area contributed by atoms with Crippen LogP contribution < -0.4 is 28.9 Å². The van der Waals surface area contributed by atoms with Gasteiger partial charge in [-0.3, -0.25) is 0 Å². The van der Waals surface area contributed by atoms with Crippen molar-refractivity contribution in [2.75, 3.05) is 24.6 Å². The molecule has 1 fully saturated rings. The first-order valence-electron chi connectivity index (χ1n) is 5.90. The molecule has 1 aliphatic rings. The van der Waals surface area contributed by atoms with Crippen molar-refractivity contribution in [2.45, 2.75) is 19.1 Å². The Bertz CT molecular complexity index is 423. The Balaban J connectivity index is 0.00000180. The topological polar surface area (TPSA) is 72.8 Å². The van der Waals surface area contributed by atoms with E-state index in [-0.39, 0.29) is 18.9 Å². The summed E-state index contributed by atoms with van der Waals surface area (Å²) in [4.78, 5) is 12.6. The average molecular weight is 257 g/mol. The van der Waals surface area contributed by atoms with E-state index in [0.717, 1.165) is 5.69 Å². The Kier molecular flexibility index (Phi) is 5.89. The molecule has 0 amide bonds. The minimum absolute atomic E-state index is 0. The first kappa shape index (κ1) is 16.1. The third-order valence-corrected chi connectivity index (χ3v) is 3.09. The van der Waals surface area contributed by atoms with Crippen LogP contribution in [0.25, 0.3) is 0 Å². The molecule has 1 aliphatic heterocycles. The molecule has 6 heteroatoms. The molecule has 1 heterocycles. The number of rotatable bonds is 3. The SMILES string of the molecule is Cc1ccc(N2CCOC(C(O)C(=O)[O-])C2)cc1.[Li+]. The molecule has 2 rings (SSSR count). The van der Waals surface area contributed by atoms with Gasteiger partial charge in [0.2, 0.25) is 0 Å². The minimum Gasteiger partial charge on any atom is -0.547 e. The van der Waals surface area contributed by atoms with E-state index in [4.69, 9.17) is 4.74 Å². The third-order valence-electron chi connectivity index (χ3n) is 3.09. The van der Waals surface area contributed by atoms with Gasteiger partial charge in [0.05, 0.1) is 12.6 Å². The molecule has 2 unspecified atom stereocenters. The number of morpholine rings is 1. The molecule has 0 radical (unpaired) electrons. The number of hydrogen-bond donors (Lipinski definition) is 1. The van der Waals surface area contributed by atoms with Crippen LogP contribution in [0.1, 0.15) is 5.56 Å². The van der Waals surface area contributed by atoms with Gasteiger partial charge in [0, 0.05) is 18.8 Å². The molecule has 0 aliphatic carbocycles. The van der Waals surface area contributed by atoms with E-state index < -0.39 is 18.2 Å². The molecule has 1 N–H and O–H groups in total. The van der Waals surface area contributed by atoms with Crippen LogP contribution >= 0.6 is 0 Å². The number of benzene rings is 1. The van der Waals surface area contributed by atoms with Crippen molar-refractivity contribution >= 4 is 11.7 Å². The van der Waals surface area contributed by atoms with Crippen LogP contribution in [0, 0.1) is 6.92 Å². The molecule has 0 saturated carbocycles. The first-order chi connectivity index (χ1) is 8.58. The number of carboxylic acid groups (broad SMARTS) is 1. The van der Waals surface area contributed by atoms with E-state index in [1.54, 1.807) is 0 Å². The van der Waals surface area contributed by atoms with Gasteiger partial charge in [0.1, 0.15) is 12.2 Å². The Morgan fingerprint density at radius 3 is 2.68 bits per heavy atom. The van der Waals surface area contributed by atoms with Crippen LogP contribution in [0.5, 0.6) is 0 Å². The van der Waals surface area contributed by atoms with Gasteiger partial charge in [-0.15, -0.1) is 0 Å². The fraction of sp³-hybridized carbons (Fsp3) is 0.462. The number of carbonyl (C=O) groups is 1. The smallest absolute Gasteiger partial charge is 0.547 e. The summed E-state index contributed by atoms with van der Waals surface area (Å²) in [5.74, 6) is -1.49. The van der Waals surface area contributed by atoms with Gasteiger partial charge >= 0.3 is 18.9 Å². The van der Waals surface area contributed by atoms with E-state index >= 15 is 0 Å². The quantitative estimate of drug-likeness (QED) is 0.565. The van der Waals surface area contributed by atoms with Crippen molar-refractivity contribution in [3.8, 4) is 0 Å². The van der Waals surface area contributed by atoms with Crippen molar-refractivity contribution in [1.29, 1.82) is 0 Å². The van der Waals surface area contributed by atoms with Gasteiger partial charge in [0.15, 0.2) is 0 Å². The van der Waals surface area contributed by atoms with Gasteiger partial charge in [-0.1, -0.05) is 17.7 Å². The predicted molar refractivity (Wildman–Crippen MR) is 64.1 cm³/mol. The van der Waals surface area contributed by atoms with E-state index in [2.05, 4.69) is 0 Å². The summed E-state index contributed by atoms with van der Waals surface area (Å²) in [6.07, 6.45) is -2.33. The summed E-state index contributed by atoms with van der Waals surface area (Å²) in [7, 11) is 0. The standard InChI is InChI=1S/C13H17NO4.Li/c1-9-2-4-10(5-3-9)14-6-7-18-11(8-14)12(15)13(16)17;/h2-5,11-12,15H,6-8H2,1H3,(H,16,17);/q;+1/p-1. The third kappa shape index (κ3) is 3.98. The Hall–Kier alpha value is -0.993. The van der Waals surface area contributed by atoms with Crippen LogP contribution in [0.4, 0.5) is 5.69 Å². The molecule has 98 valence electrons. The predicted octanol–water partition coefficient (Wildman–Crippen LogP) is -3.68. The maximum atomic E-state index is 10.6. The number of carbonyl (C=O) groups excluding carboxylic acids is 1. The summed E-state index contributed by atoms with van der Waals surface area (Å²) in [5.41, 5.74) is 2.16. The Morgan fingerprint density at radius 2 is 2.11 bits per heavy atom. The van der Waals surface area contributed by atoms with E-state index in [1.165, 1.54) is 5.56 Å². The van der Waals surface area contributed by atoms with Gasteiger partial charge in [-0.25, -0.2) is 0 Å². The fourth-order valence-electron chi connectivity index (χ4n) is 2.01. The van der Waals surface area contributed by atoms with Crippen molar-refractivity contribution in [3.05, 3.63) is 29.8 Å². The zero-order chi connectivity index (χ0) is 13.1. The minimum atomic E-state index is -1.58.